The lowest BCUT2D eigenvalue weighted by Crippen LogP contribution is -2.25. The van der Waals surface area contributed by atoms with E-state index in [9.17, 15) is 13.2 Å². The summed E-state index contributed by atoms with van der Waals surface area (Å²) in [6, 6.07) is 0. The summed E-state index contributed by atoms with van der Waals surface area (Å²) in [5, 5.41) is -0.143. The lowest BCUT2D eigenvalue weighted by molar-refractivity contribution is 0.585. The van der Waals surface area contributed by atoms with Crippen molar-refractivity contribution in [3.05, 3.63) is 27.9 Å². The lowest BCUT2D eigenvalue weighted by Gasteiger charge is -2.05. The van der Waals surface area contributed by atoms with Crippen molar-refractivity contribution in [1.29, 1.82) is 0 Å². The van der Waals surface area contributed by atoms with Crippen molar-refractivity contribution in [2.24, 2.45) is 0 Å². The molecule has 0 aliphatic carbocycles. The molecule has 0 fully saturated rings. The fourth-order valence-electron chi connectivity index (χ4n) is 1.25. The van der Waals surface area contributed by atoms with Crippen molar-refractivity contribution in [1.82, 2.24) is 9.55 Å². The minimum Gasteiger partial charge on any atom is -0.310 e. The smallest absolute Gasteiger partial charge is 0.288 e. The number of hydrogen-bond acceptors (Lipinski definition) is 4. The summed E-state index contributed by atoms with van der Waals surface area (Å²) in [6.45, 7) is 1.91. The number of nitrogens with zero attached hydrogens (tertiary/aromatic N) is 2. The zero-order valence-corrected chi connectivity index (χ0v) is 10.5. The van der Waals surface area contributed by atoms with E-state index in [0.29, 0.717) is 6.42 Å². The lowest BCUT2D eigenvalue weighted by atomic mass is 10.6. The first-order valence-electron chi connectivity index (χ1n) is 4.87. The van der Waals surface area contributed by atoms with Crippen LogP contribution in [0.25, 0.3) is 0 Å². The molecule has 1 rings (SSSR count). The molecule has 1 aromatic rings. The second-order valence-corrected chi connectivity index (χ2v) is 6.03. The van der Waals surface area contributed by atoms with Crippen LogP contribution < -0.4 is 5.56 Å². The minimum atomic E-state index is -3.08. The molecule has 0 unspecified atom stereocenters. The molecule has 7 heteroatoms. The number of aryl methyl sites for hydroxylation is 1. The van der Waals surface area contributed by atoms with Crippen LogP contribution in [0.3, 0.4) is 0 Å². The van der Waals surface area contributed by atoms with Gasteiger partial charge in [-0.05, 0) is 6.42 Å². The first kappa shape index (κ1) is 13.2. The number of hydrogen-bond donors (Lipinski definition) is 0. The third-order valence-electron chi connectivity index (χ3n) is 2.03. The molecule has 0 aliphatic rings. The van der Waals surface area contributed by atoms with E-state index in [1.165, 1.54) is 17.0 Å². The number of halogens is 1. The van der Waals surface area contributed by atoms with Gasteiger partial charge in [0.1, 0.15) is 0 Å². The predicted octanol–water partition coefficient (Wildman–Crippen LogP) is 0.722. The Morgan fingerprint density at radius 3 is 2.75 bits per heavy atom. The SMILES string of the molecule is CCCS(=O)(=O)CCn1ccnc(Cl)c1=O. The fourth-order valence-corrected chi connectivity index (χ4v) is 2.71. The second kappa shape index (κ2) is 5.45. The Morgan fingerprint density at radius 1 is 1.44 bits per heavy atom. The highest BCUT2D eigenvalue weighted by atomic mass is 35.5. The van der Waals surface area contributed by atoms with Gasteiger partial charge in [-0.2, -0.15) is 0 Å². The van der Waals surface area contributed by atoms with Gasteiger partial charge in [0.05, 0.1) is 5.75 Å². The van der Waals surface area contributed by atoms with E-state index < -0.39 is 15.4 Å². The number of aromatic nitrogens is 2. The van der Waals surface area contributed by atoms with E-state index in [4.69, 9.17) is 11.6 Å². The Bertz CT molecular complexity index is 510. The van der Waals surface area contributed by atoms with Crippen molar-refractivity contribution in [2.75, 3.05) is 11.5 Å². The molecule has 0 aromatic carbocycles. The summed E-state index contributed by atoms with van der Waals surface area (Å²) in [7, 11) is -3.08. The molecule has 5 nitrogen and oxygen atoms in total. The number of rotatable bonds is 5. The molecule has 0 saturated carbocycles. The van der Waals surface area contributed by atoms with Crippen molar-refractivity contribution < 1.29 is 8.42 Å². The highest BCUT2D eigenvalue weighted by molar-refractivity contribution is 7.91. The van der Waals surface area contributed by atoms with Crippen LogP contribution in [-0.2, 0) is 16.4 Å². The highest BCUT2D eigenvalue weighted by Gasteiger charge is 2.10. The van der Waals surface area contributed by atoms with E-state index in [2.05, 4.69) is 4.98 Å². The second-order valence-electron chi connectivity index (χ2n) is 3.37. The van der Waals surface area contributed by atoms with Crippen molar-refractivity contribution in [3.63, 3.8) is 0 Å². The van der Waals surface area contributed by atoms with E-state index in [0.717, 1.165) is 0 Å². The Labute approximate surface area is 99.0 Å². The molecular weight excluding hydrogens is 252 g/mol. The topological polar surface area (TPSA) is 69.0 Å². The van der Waals surface area contributed by atoms with Crippen LogP contribution in [0.2, 0.25) is 5.15 Å². The largest absolute Gasteiger partial charge is 0.310 e. The summed E-state index contributed by atoms with van der Waals surface area (Å²) < 4.78 is 24.1. The van der Waals surface area contributed by atoms with E-state index in [-0.39, 0.29) is 23.2 Å². The van der Waals surface area contributed by atoms with Crippen LogP contribution >= 0.6 is 11.6 Å². The molecule has 0 aliphatic heterocycles. The van der Waals surface area contributed by atoms with Crippen LogP contribution in [0, 0.1) is 0 Å². The van der Waals surface area contributed by atoms with Crippen LogP contribution in [0.15, 0.2) is 17.2 Å². The van der Waals surface area contributed by atoms with Gasteiger partial charge in [-0.25, -0.2) is 13.4 Å². The molecule has 0 spiro atoms. The van der Waals surface area contributed by atoms with Gasteiger partial charge in [0, 0.05) is 24.7 Å². The zero-order chi connectivity index (χ0) is 12.2. The summed E-state index contributed by atoms with van der Waals surface area (Å²) >= 11 is 5.53. The molecule has 0 radical (unpaired) electrons. The third-order valence-corrected chi connectivity index (χ3v) is 4.12. The summed E-state index contributed by atoms with van der Waals surface area (Å²) in [5.74, 6) is 0.0850. The van der Waals surface area contributed by atoms with Crippen LogP contribution in [0.5, 0.6) is 0 Å². The quantitative estimate of drug-likeness (QED) is 0.786. The van der Waals surface area contributed by atoms with Crippen LogP contribution in [-0.4, -0.2) is 29.5 Å². The first-order chi connectivity index (χ1) is 7.46. The van der Waals surface area contributed by atoms with Crippen LogP contribution in [0.4, 0.5) is 0 Å². The standard InChI is InChI=1S/C9H13ClN2O3S/c1-2-6-16(14,15)7-5-12-4-3-11-8(10)9(12)13/h3-4H,2,5-7H2,1H3. The Morgan fingerprint density at radius 2 is 2.12 bits per heavy atom. The number of sulfone groups is 1. The molecule has 90 valence electrons. The Hall–Kier alpha value is -0.880. The van der Waals surface area contributed by atoms with E-state index >= 15 is 0 Å². The van der Waals surface area contributed by atoms with Crippen molar-refractivity contribution in [2.45, 2.75) is 19.9 Å². The Balaban J connectivity index is 2.76. The first-order valence-corrected chi connectivity index (χ1v) is 7.07. The average molecular weight is 265 g/mol. The molecule has 1 aromatic heterocycles. The van der Waals surface area contributed by atoms with Gasteiger partial charge in [-0.1, -0.05) is 18.5 Å². The van der Waals surface area contributed by atoms with Gasteiger partial charge >= 0.3 is 0 Å². The monoisotopic (exact) mass is 264 g/mol. The van der Waals surface area contributed by atoms with Gasteiger partial charge in [0.2, 0.25) is 0 Å². The fraction of sp³-hybridized carbons (Fsp3) is 0.556. The maximum absolute atomic E-state index is 11.4. The maximum Gasteiger partial charge on any atom is 0.288 e. The summed E-state index contributed by atoms with van der Waals surface area (Å²) in [6.07, 6.45) is 3.38. The van der Waals surface area contributed by atoms with E-state index in [1.54, 1.807) is 6.92 Å². The molecule has 0 bridgehead atoms. The highest BCUT2D eigenvalue weighted by Crippen LogP contribution is 1.97. The van der Waals surface area contributed by atoms with Gasteiger partial charge in [0.15, 0.2) is 15.0 Å². The van der Waals surface area contributed by atoms with Gasteiger partial charge in [0.25, 0.3) is 5.56 Å². The molecule has 1 heterocycles. The maximum atomic E-state index is 11.4. The molecule has 0 atom stereocenters. The molecule has 16 heavy (non-hydrogen) atoms. The minimum absolute atomic E-state index is 0.0545. The van der Waals surface area contributed by atoms with Crippen molar-refractivity contribution >= 4 is 21.4 Å². The molecule has 0 amide bonds. The summed E-state index contributed by atoms with van der Waals surface area (Å²) in [4.78, 5) is 15.0. The summed E-state index contributed by atoms with van der Waals surface area (Å²) in [5.41, 5.74) is -0.462. The van der Waals surface area contributed by atoms with Gasteiger partial charge in [-0.3, -0.25) is 4.79 Å². The normalized spacial score (nSPS) is 11.6. The zero-order valence-electron chi connectivity index (χ0n) is 8.89. The van der Waals surface area contributed by atoms with E-state index in [1.807, 2.05) is 0 Å². The van der Waals surface area contributed by atoms with Gasteiger partial charge < -0.3 is 4.57 Å². The van der Waals surface area contributed by atoms with Gasteiger partial charge in [-0.15, -0.1) is 0 Å². The van der Waals surface area contributed by atoms with Crippen molar-refractivity contribution in [3.8, 4) is 0 Å². The third kappa shape index (κ3) is 3.61. The Kier molecular flexibility index (Phi) is 4.49. The predicted molar refractivity (Wildman–Crippen MR) is 62.5 cm³/mol. The average Bonchev–Trinajstić information content (AvgIpc) is 2.20. The molecule has 0 N–H and O–H groups in total. The molecular formula is C9H13ClN2O3S. The molecule has 0 saturated heterocycles. The van der Waals surface area contributed by atoms with Crippen LogP contribution in [0.1, 0.15) is 13.3 Å².